The van der Waals surface area contributed by atoms with E-state index in [-0.39, 0.29) is 10.8 Å². The third-order valence-electron chi connectivity index (χ3n) is 3.09. The molecule has 0 fully saturated rings. The van der Waals surface area contributed by atoms with Crippen LogP contribution in [0, 0.1) is 6.92 Å². The van der Waals surface area contributed by atoms with Gasteiger partial charge in [0, 0.05) is 0 Å². The predicted octanol–water partition coefficient (Wildman–Crippen LogP) is 3.32. The lowest BCUT2D eigenvalue weighted by molar-refractivity contribution is -0.138. The molecule has 0 unspecified atom stereocenters. The Labute approximate surface area is 146 Å². The fourth-order valence-corrected chi connectivity index (χ4v) is 3.48. The van der Waals surface area contributed by atoms with Crippen molar-refractivity contribution in [2.24, 2.45) is 0 Å². The molecule has 0 radical (unpaired) electrons. The van der Waals surface area contributed by atoms with Crippen LogP contribution < -0.4 is 4.72 Å². The summed E-state index contributed by atoms with van der Waals surface area (Å²) in [7, 11) is -4.37. The minimum Gasteiger partial charge on any atom is -0.266 e. The van der Waals surface area contributed by atoms with Crippen LogP contribution in [0.3, 0.4) is 0 Å². The van der Waals surface area contributed by atoms with Gasteiger partial charge < -0.3 is 0 Å². The SMILES string of the molecule is Cc1cc(Cl)nc(C(=O)NS(=O)(=O)Cc2ccccc2C(F)(F)F)c1. The Bertz CT molecular complexity index is 894. The summed E-state index contributed by atoms with van der Waals surface area (Å²) >= 11 is 5.70. The number of pyridine rings is 1. The standard InChI is InChI=1S/C15H12ClF3N2O3S/c1-9-6-12(20-13(16)7-9)14(22)21-25(23,24)8-10-4-2-3-5-11(10)15(17,18)19/h2-7H,8H2,1H3,(H,21,22). The third kappa shape index (κ3) is 5.17. The first-order valence-corrected chi connectivity index (χ1v) is 8.85. The normalized spacial score (nSPS) is 12.0. The predicted molar refractivity (Wildman–Crippen MR) is 85.5 cm³/mol. The molecule has 0 aliphatic heterocycles. The van der Waals surface area contributed by atoms with Crippen LogP contribution in [0.2, 0.25) is 5.15 Å². The molecule has 2 rings (SSSR count). The number of rotatable bonds is 4. The summed E-state index contributed by atoms with van der Waals surface area (Å²) in [6, 6.07) is 7.01. The molecule has 1 amide bonds. The van der Waals surface area contributed by atoms with Gasteiger partial charge >= 0.3 is 6.18 Å². The van der Waals surface area contributed by atoms with Crippen LogP contribution in [-0.2, 0) is 22.0 Å². The molecule has 10 heteroatoms. The minimum atomic E-state index is -4.71. The van der Waals surface area contributed by atoms with Gasteiger partial charge in [0.15, 0.2) is 0 Å². The Morgan fingerprint density at radius 3 is 2.48 bits per heavy atom. The summed E-state index contributed by atoms with van der Waals surface area (Å²) in [5, 5.41) is -0.00929. The van der Waals surface area contributed by atoms with Crippen molar-refractivity contribution in [3.63, 3.8) is 0 Å². The highest BCUT2D eigenvalue weighted by atomic mass is 35.5. The second kappa shape index (κ2) is 7.01. The highest BCUT2D eigenvalue weighted by Gasteiger charge is 2.34. The number of aromatic nitrogens is 1. The number of aryl methyl sites for hydroxylation is 1. The van der Waals surface area contributed by atoms with Gasteiger partial charge in [0.2, 0.25) is 10.0 Å². The van der Waals surface area contributed by atoms with Gasteiger partial charge in [-0.25, -0.2) is 18.1 Å². The van der Waals surface area contributed by atoms with Gasteiger partial charge in [0.25, 0.3) is 5.91 Å². The number of amides is 1. The van der Waals surface area contributed by atoms with Crippen molar-refractivity contribution in [1.82, 2.24) is 9.71 Å². The summed E-state index contributed by atoms with van der Waals surface area (Å²) in [6.07, 6.45) is -4.71. The summed E-state index contributed by atoms with van der Waals surface area (Å²) in [5.41, 5.74) is -1.22. The van der Waals surface area contributed by atoms with Gasteiger partial charge in [0.05, 0.1) is 11.3 Å². The summed E-state index contributed by atoms with van der Waals surface area (Å²) in [4.78, 5) is 15.7. The van der Waals surface area contributed by atoms with Crippen LogP contribution in [0.4, 0.5) is 13.2 Å². The van der Waals surface area contributed by atoms with Crippen molar-refractivity contribution in [2.75, 3.05) is 0 Å². The van der Waals surface area contributed by atoms with E-state index in [2.05, 4.69) is 4.98 Å². The second-order valence-electron chi connectivity index (χ2n) is 5.20. The van der Waals surface area contributed by atoms with Gasteiger partial charge in [-0.1, -0.05) is 29.8 Å². The van der Waals surface area contributed by atoms with Crippen molar-refractivity contribution >= 4 is 27.5 Å². The zero-order valence-electron chi connectivity index (χ0n) is 12.8. The van der Waals surface area contributed by atoms with E-state index in [0.717, 1.165) is 18.2 Å². The Balaban J connectivity index is 2.25. The Morgan fingerprint density at radius 1 is 1.24 bits per heavy atom. The van der Waals surface area contributed by atoms with E-state index < -0.39 is 39.0 Å². The minimum absolute atomic E-state index is 0.00929. The van der Waals surface area contributed by atoms with E-state index in [1.54, 1.807) is 11.6 Å². The molecule has 5 nitrogen and oxygen atoms in total. The van der Waals surface area contributed by atoms with Crippen LogP contribution >= 0.6 is 11.6 Å². The second-order valence-corrected chi connectivity index (χ2v) is 7.31. The van der Waals surface area contributed by atoms with Crippen molar-refractivity contribution in [1.29, 1.82) is 0 Å². The lowest BCUT2D eigenvalue weighted by Crippen LogP contribution is -2.32. The molecule has 0 spiro atoms. The number of halogens is 4. The maximum Gasteiger partial charge on any atom is 0.416 e. The average molecular weight is 393 g/mol. The smallest absolute Gasteiger partial charge is 0.266 e. The van der Waals surface area contributed by atoms with E-state index in [9.17, 15) is 26.4 Å². The van der Waals surface area contributed by atoms with Crippen molar-refractivity contribution < 1.29 is 26.4 Å². The first kappa shape index (κ1) is 19.2. The monoisotopic (exact) mass is 392 g/mol. The first-order valence-electron chi connectivity index (χ1n) is 6.82. The summed E-state index contributed by atoms with van der Waals surface area (Å²) < 4.78 is 64.6. The van der Waals surface area contributed by atoms with E-state index in [0.29, 0.717) is 5.56 Å². The average Bonchev–Trinajstić information content (AvgIpc) is 2.44. The number of nitrogens with one attached hydrogen (secondary N) is 1. The highest BCUT2D eigenvalue weighted by Crippen LogP contribution is 2.32. The molecule has 1 aromatic heterocycles. The van der Waals surface area contributed by atoms with Gasteiger partial charge in [0.1, 0.15) is 10.8 Å². The van der Waals surface area contributed by atoms with Crippen molar-refractivity contribution in [3.8, 4) is 0 Å². The molecule has 0 saturated carbocycles. The maximum absolute atomic E-state index is 12.9. The van der Waals surface area contributed by atoms with E-state index in [1.165, 1.54) is 18.2 Å². The number of carbonyl (C=O) groups is 1. The van der Waals surface area contributed by atoms with Crippen molar-refractivity contribution in [2.45, 2.75) is 18.9 Å². The first-order chi connectivity index (χ1) is 11.5. The lowest BCUT2D eigenvalue weighted by atomic mass is 10.1. The van der Waals surface area contributed by atoms with Crippen LogP contribution in [0.25, 0.3) is 0 Å². The molecule has 1 N–H and O–H groups in total. The molecular weight excluding hydrogens is 381 g/mol. The number of carbonyl (C=O) groups excluding carboxylic acids is 1. The van der Waals surface area contributed by atoms with E-state index in [4.69, 9.17) is 11.6 Å². The fourth-order valence-electron chi connectivity index (χ4n) is 2.10. The summed E-state index contributed by atoms with van der Waals surface area (Å²) in [6.45, 7) is 1.62. The van der Waals surface area contributed by atoms with Gasteiger partial charge in [-0.2, -0.15) is 13.2 Å². The van der Waals surface area contributed by atoms with Gasteiger partial charge in [-0.05, 0) is 36.2 Å². The number of sulfonamides is 1. The molecule has 0 aliphatic carbocycles. The van der Waals surface area contributed by atoms with Gasteiger partial charge in [-0.3, -0.25) is 4.79 Å². The number of hydrogen-bond acceptors (Lipinski definition) is 4. The Morgan fingerprint density at radius 2 is 1.88 bits per heavy atom. The number of alkyl halides is 3. The lowest BCUT2D eigenvalue weighted by Gasteiger charge is -2.13. The van der Waals surface area contributed by atoms with Gasteiger partial charge in [-0.15, -0.1) is 0 Å². The molecule has 2 aromatic rings. The van der Waals surface area contributed by atoms with Crippen molar-refractivity contribution in [3.05, 3.63) is 63.9 Å². The highest BCUT2D eigenvalue weighted by molar-refractivity contribution is 7.89. The number of hydrogen-bond donors (Lipinski definition) is 1. The van der Waals surface area contributed by atoms with E-state index >= 15 is 0 Å². The number of benzene rings is 1. The van der Waals surface area contributed by atoms with Crippen LogP contribution in [0.1, 0.15) is 27.2 Å². The van der Waals surface area contributed by atoms with Crippen LogP contribution in [-0.4, -0.2) is 19.3 Å². The van der Waals surface area contributed by atoms with Crippen LogP contribution in [0.15, 0.2) is 36.4 Å². The quantitative estimate of drug-likeness (QED) is 0.810. The zero-order chi connectivity index (χ0) is 18.8. The molecule has 25 heavy (non-hydrogen) atoms. The van der Waals surface area contributed by atoms with Crippen LogP contribution in [0.5, 0.6) is 0 Å². The molecule has 134 valence electrons. The summed E-state index contributed by atoms with van der Waals surface area (Å²) in [5.74, 6) is -2.08. The van der Waals surface area contributed by atoms with E-state index in [1.807, 2.05) is 0 Å². The molecule has 0 atom stereocenters. The molecular formula is C15H12ClF3N2O3S. The molecule has 0 aliphatic rings. The topological polar surface area (TPSA) is 76.1 Å². The Kier molecular flexibility index (Phi) is 5.38. The molecule has 0 saturated heterocycles. The fraction of sp³-hybridized carbons (Fsp3) is 0.200. The molecule has 0 bridgehead atoms. The maximum atomic E-state index is 12.9. The largest absolute Gasteiger partial charge is 0.416 e. The molecule has 1 aromatic carbocycles. The number of nitrogens with zero attached hydrogens (tertiary/aromatic N) is 1. The zero-order valence-corrected chi connectivity index (χ0v) is 14.3. The Hall–Kier alpha value is -2.13. The molecule has 1 heterocycles. The third-order valence-corrected chi connectivity index (χ3v) is 4.47.